The molecule has 3 aliphatic heterocycles. The Morgan fingerprint density at radius 2 is 1.88 bits per heavy atom. The molecule has 3 fully saturated rings. The number of piperidine rings is 1. The number of carbonyl (C=O) groups excluding carboxylic acids is 1. The van der Waals surface area contributed by atoms with Gasteiger partial charge in [0.15, 0.2) is 6.61 Å². The number of amides is 1. The average Bonchev–Trinajstić information content (AvgIpc) is 3.62. The molecule has 9 nitrogen and oxygen atoms in total. The van der Waals surface area contributed by atoms with Crippen molar-refractivity contribution in [3.05, 3.63) is 17.6 Å². The second-order valence-electron chi connectivity index (χ2n) is 9.54. The van der Waals surface area contributed by atoms with Crippen molar-refractivity contribution in [3.63, 3.8) is 0 Å². The van der Waals surface area contributed by atoms with Gasteiger partial charge >= 0.3 is 0 Å². The van der Waals surface area contributed by atoms with E-state index in [0.29, 0.717) is 44.2 Å². The van der Waals surface area contributed by atoms with E-state index >= 15 is 0 Å². The van der Waals surface area contributed by atoms with Crippen LogP contribution in [0.2, 0.25) is 0 Å². The lowest BCUT2D eigenvalue weighted by molar-refractivity contribution is -0.140. The van der Waals surface area contributed by atoms with Crippen LogP contribution in [0.5, 0.6) is 5.88 Å². The Balaban J connectivity index is 1.41. The molecule has 1 saturated heterocycles. The monoisotopic (exact) mass is 464 g/mol. The molecule has 2 atom stereocenters. The van der Waals surface area contributed by atoms with E-state index in [0.717, 1.165) is 43.4 Å². The van der Waals surface area contributed by atoms with Crippen molar-refractivity contribution >= 4 is 15.9 Å². The highest BCUT2D eigenvalue weighted by Gasteiger charge is 2.42. The van der Waals surface area contributed by atoms with Crippen LogP contribution in [0.15, 0.2) is 6.33 Å². The third-order valence-corrected chi connectivity index (χ3v) is 9.32. The van der Waals surface area contributed by atoms with Crippen molar-refractivity contribution < 1.29 is 22.7 Å². The number of hydrogen-bond donors (Lipinski definition) is 1. The molecule has 1 N–H and O–H groups in total. The van der Waals surface area contributed by atoms with E-state index in [2.05, 4.69) is 14.7 Å². The van der Waals surface area contributed by atoms with E-state index in [-0.39, 0.29) is 36.0 Å². The first-order valence-corrected chi connectivity index (χ1v) is 13.3. The molecule has 1 aromatic heterocycles. The Labute approximate surface area is 189 Å². The molecule has 0 radical (unpaired) electrons. The van der Waals surface area contributed by atoms with Crippen LogP contribution in [-0.2, 0) is 19.6 Å². The van der Waals surface area contributed by atoms with Gasteiger partial charge in [0.05, 0.1) is 24.0 Å². The van der Waals surface area contributed by atoms with Gasteiger partial charge < -0.3 is 14.4 Å². The molecule has 176 valence electrons. The second kappa shape index (κ2) is 8.87. The molecule has 2 aliphatic carbocycles. The molecule has 5 aliphatic rings. The summed E-state index contributed by atoms with van der Waals surface area (Å²) in [5, 5.41) is -0.290. The van der Waals surface area contributed by atoms with E-state index in [1.54, 1.807) is 4.90 Å². The number of nitrogens with one attached hydrogen (secondary N) is 1. The van der Waals surface area contributed by atoms with Crippen molar-refractivity contribution in [2.75, 3.05) is 19.8 Å². The van der Waals surface area contributed by atoms with Crippen LogP contribution in [0.3, 0.4) is 0 Å². The van der Waals surface area contributed by atoms with Crippen LogP contribution in [0.4, 0.5) is 0 Å². The largest absolute Gasteiger partial charge is 0.467 e. The normalized spacial score (nSPS) is 31.5. The predicted octanol–water partition coefficient (Wildman–Crippen LogP) is 1.66. The molecular weight excluding hydrogens is 432 g/mol. The summed E-state index contributed by atoms with van der Waals surface area (Å²) in [4.78, 5) is 23.7. The Morgan fingerprint density at radius 1 is 1.09 bits per heavy atom. The lowest BCUT2D eigenvalue weighted by atomic mass is 9.82. The van der Waals surface area contributed by atoms with E-state index in [1.807, 2.05) is 6.92 Å². The number of sulfonamides is 1. The van der Waals surface area contributed by atoms with E-state index < -0.39 is 10.0 Å². The van der Waals surface area contributed by atoms with Gasteiger partial charge in [-0.1, -0.05) is 0 Å². The minimum atomic E-state index is -3.36. The number of fused-ring (bicyclic) bond motifs is 5. The third-order valence-electron chi connectivity index (χ3n) is 7.34. The van der Waals surface area contributed by atoms with Gasteiger partial charge in [-0.05, 0) is 64.2 Å². The van der Waals surface area contributed by atoms with E-state index in [4.69, 9.17) is 9.47 Å². The number of carbonyl (C=O) groups is 1. The zero-order valence-electron chi connectivity index (χ0n) is 18.5. The first-order chi connectivity index (χ1) is 15.4. The lowest BCUT2D eigenvalue weighted by Crippen LogP contribution is -2.60. The summed E-state index contributed by atoms with van der Waals surface area (Å²) in [5.41, 5.74) is 1.90. The number of rotatable bonds is 3. The molecule has 2 bridgehead atoms. The molecule has 0 unspecified atom stereocenters. The highest BCUT2D eigenvalue weighted by atomic mass is 32.2. The Bertz CT molecular complexity index is 959. The minimum Gasteiger partial charge on any atom is -0.467 e. The van der Waals surface area contributed by atoms with Crippen molar-refractivity contribution in [3.8, 4) is 5.88 Å². The Morgan fingerprint density at radius 3 is 2.62 bits per heavy atom. The van der Waals surface area contributed by atoms with Gasteiger partial charge in [0, 0.05) is 23.8 Å². The summed E-state index contributed by atoms with van der Waals surface area (Å²) in [6.45, 7) is 2.74. The first-order valence-electron chi connectivity index (χ1n) is 11.8. The fraction of sp³-hybridized carbons (Fsp3) is 0.773. The topological polar surface area (TPSA) is 111 Å². The van der Waals surface area contributed by atoms with Crippen molar-refractivity contribution in [1.82, 2.24) is 19.6 Å². The number of ether oxygens (including phenoxy) is 2. The second-order valence-corrected chi connectivity index (χ2v) is 11.5. The van der Waals surface area contributed by atoms with E-state index in [9.17, 15) is 13.2 Å². The predicted molar refractivity (Wildman–Crippen MR) is 117 cm³/mol. The van der Waals surface area contributed by atoms with Gasteiger partial charge in [-0.2, -0.15) is 0 Å². The molecule has 6 rings (SSSR count). The van der Waals surface area contributed by atoms with E-state index in [1.165, 1.54) is 6.33 Å². The van der Waals surface area contributed by atoms with Gasteiger partial charge in [-0.15, -0.1) is 0 Å². The van der Waals surface area contributed by atoms with Gasteiger partial charge in [-0.25, -0.2) is 23.1 Å². The van der Waals surface area contributed by atoms with Gasteiger partial charge in [0.25, 0.3) is 5.91 Å². The number of nitrogens with zero attached hydrogens (tertiary/aromatic N) is 3. The number of aryl methyl sites for hydroxylation is 1. The van der Waals surface area contributed by atoms with Crippen LogP contribution in [0.25, 0.3) is 0 Å². The van der Waals surface area contributed by atoms with Crippen LogP contribution in [-0.4, -0.2) is 72.4 Å². The smallest absolute Gasteiger partial charge is 0.260 e. The first kappa shape index (κ1) is 22.0. The quantitative estimate of drug-likeness (QED) is 0.724. The maximum absolute atomic E-state index is 13.2. The summed E-state index contributed by atoms with van der Waals surface area (Å²) in [5.74, 6) is 0.624. The average molecular weight is 465 g/mol. The van der Waals surface area contributed by atoms with Crippen molar-refractivity contribution in [2.45, 2.75) is 87.6 Å². The summed E-state index contributed by atoms with van der Waals surface area (Å²) in [7, 11) is -3.36. The van der Waals surface area contributed by atoms with Gasteiger partial charge in [0.2, 0.25) is 15.9 Å². The molecule has 1 aromatic rings. The minimum absolute atomic E-state index is 0.112. The highest BCUT2D eigenvalue weighted by molar-refractivity contribution is 7.90. The van der Waals surface area contributed by atoms with Crippen LogP contribution < -0.4 is 9.46 Å². The zero-order valence-corrected chi connectivity index (χ0v) is 19.3. The molecule has 1 amide bonds. The Hall–Kier alpha value is -1.78. The molecule has 32 heavy (non-hydrogen) atoms. The maximum Gasteiger partial charge on any atom is 0.260 e. The third kappa shape index (κ3) is 4.49. The van der Waals surface area contributed by atoms with Gasteiger partial charge in [0.1, 0.15) is 6.33 Å². The van der Waals surface area contributed by atoms with Crippen LogP contribution in [0, 0.1) is 6.92 Å². The zero-order chi connectivity index (χ0) is 22.3. The van der Waals surface area contributed by atoms with Crippen molar-refractivity contribution in [2.24, 2.45) is 0 Å². The highest BCUT2D eigenvalue weighted by Crippen LogP contribution is 2.39. The summed E-state index contributed by atoms with van der Waals surface area (Å²) >= 11 is 0. The molecule has 0 aromatic carbocycles. The van der Waals surface area contributed by atoms with Gasteiger partial charge in [-0.3, -0.25) is 4.79 Å². The molecule has 2 saturated carbocycles. The summed E-state index contributed by atoms with van der Waals surface area (Å²) in [6.07, 6.45) is 8.20. The molecule has 0 spiro atoms. The number of aromatic nitrogens is 2. The standard InChI is InChI=1S/C22H32N4O5S/c1-14-21-15-4-6-16(7-5-15)30-11-19-18(25-32(28,29)17-8-9-17)3-2-10-26(19)20(27)12-31-22(21)24-13-23-14/h13,15-19,25H,2-12H2,1H3/t15-,16+,18-,19-/m0/s1. The summed E-state index contributed by atoms with van der Waals surface area (Å²) in [6, 6.07) is -0.671. The fourth-order valence-corrected chi connectivity index (χ4v) is 7.05. The van der Waals surface area contributed by atoms with Crippen LogP contribution >= 0.6 is 0 Å². The van der Waals surface area contributed by atoms with Crippen molar-refractivity contribution in [1.29, 1.82) is 0 Å². The van der Waals surface area contributed by atoms with Crippen LogP contribution in [0.1, 0.15) is 68.5 Å². The fourth-order valence-electron chi connectivity index (χ4n) is 5.41. The molecular formula is C22H32N4O5S. The SMILES string of the molecule is Cc1ncnc2c1[C@H]1CC[C@H](CC1)OC[C@H]1[C@@H](NS(=O)(=O)C3CC3)CCCN1C(=O)CO2. The maximum atomic E-state index is 13.2. The molecule has 10 heteroatoms. The summed E-state index contributed by atoms with van der Waals surface area (Å²) < 4.78 is 40.4. The Kier molecular flexibility index (Phi) is 6.11. The number of hydrogen-bond acceptors (Lipinski definition) is 7. The lowest BCUT2D eigenvalue weighted by Gasteiger charge is -2.42. The molecule has 4 heterocycles.